The van der Waals surface area contributed by atoms with Gasteiger partial charge in [0.05, 0.1) is 11.9 Å². The van der Waals surface area contributed by atoms with E-state index in [2.05, 4.69) is 20.3 Å². The summed E-state index contributed by atoms with van der Waals surface area (Å²) in [6.45, 7) is 4.13. The molecule has 0 fully saturated rings. The highest BCUT2D eigenvalue weighted by Gasteiger charge is 2.06. The summed E-state index contributed by atoms with van der Waals surface area (Å²) < 4.78 is 7.16. The molecule has 1 aromatic carbocycles. The summed E-state index contributed by atoms with van der Waals surface area (Å²) in [5.74, 6) is 0. The number of benzene rings is 1. The van der Waals surface area contributed by atoms with Crippen LogP contribution in [-0.4, -0.2) is 25.0 Å². The van der Waals surface area contributed by atoms with Gasteiger partial charge in [-0.15, -0.1) is 5.10 Å². The Labute approximate surface area is 132 Å². The summed E-state index contributed by atoms with van der Waals surface area (Å²) in [6.07, 6.45) is 5.21. The van der Waals surface area contributed by atoms with E-state index in [4.69, 9.17) is 16.3 Å². The van der Waals surface area contributed by atoms with Crippen LogP contribution < -0.4 is 4.74 Å². The first kappa shape index (κ1) is 14.5. The van der Waals surface area contributed by atoms with E-state index in [1.54, 1.807) is 23.3 Å². The van der Waals surface area contributed by atoms with Crippen LogP contribution in [0, 0.1) is 13.8 Å². The van der Waals surface area contributed by atoms with Crippen LogP contribution in [0.5, 0.6) is 6.01 Å². The zero-order valence-corrected chi connectivity index (χ0v) is 12.9. The van der Waals surface area contributed by atoms with Crippen molar-refractivity contribution in [1.82, 2.24) is 25.0 Å². The predicted octanol–water partition coefficient (Wildman–Crippen LogP) is 2.91. The maximum absolute atomic E-state index is 6.02. The first-order valence-electron chi connectivity index (χ1n) is 6.71. The van der Waals surface area contributed by atoms with Crippen molar-refractivity contribution in [2.75, 3.05) is 0 Å². The molecular formula is C15H14ClN5O. The van der Waals surface area contributed by atoms with Gasteiger partial charge in [-0.2, -0.15) is 0 Å². The highest BCUT2D eigenvalue weighted by molar-refractivity contribution is 6.31. The maximum atomic E-state index is 6.02. The molecule has 0 unspecified atom stereocenters. The average Bonchev–Trinajstić information content (AvgIpc) is 2.98. The van der Waals surface area contributed by atoms with E-state index in [0.29, 0.717) is 11.7 Å². The van der Waals surface area contributed by atoms with Gasteiger partial charge in [0.15, 0.2) is 0 Å². The highest BCUT2D eigenvalue weighted by atomic mass is 35.5. The average molecular weight is 316 g/mol. The molecule has 0 bridgehead atoms. The molecule has 112 valence electrons. The molecule has 0 aliphatic carbocycles. The third-order valence-electron chi connectivity index (χ3n) is 3.05. The van der Waals surface area contributed by atoms with Crippen molar-refractivity contribution in [2.45, 2.75) is 20.5 Å². The quantitative estimate of drug-likeness (QED) is 0.740. The zero-order valence-electron chi connectivity index (χ0n) is 12.2. The number of aromatic nitrogens is 5. The normalized spacial score (nSPS) is 10.7. The van der Waals surface area contributed by atoms with Crippen LogP contribution in [-0.2, 0) is 6.61 Å². The molecule has 0 aliphatic rings. The molecule has 0 radical (unpaired) electrons. The van der Waals surface area contributed by atoms with E-state index in [1.165, 1.54) is 0 Å². The molecule has 22 heavy (non-hydrogen) atoms. The van der Waals surface area contributed by atoms with Gasteiger partial charge < -0.3 is 4.74 Å². The van der Waals surface area contributed by atoms with E-state index < -0.39 is 0 Å². The van der Waals surface area contributed by atoms with Gasteiger partial charge in [-0.05, 0) is 43.2 Å². The van der Waals surface area contributed by atoms with Crippen molar-refractivity contribution in [3.63, 3.8) is 0 Å². The lowest BCUT2D eigenvalue weighted by Gasteiger charge is -2.03. The van der Waals surface area contributed by atoms with Crippen LogP contribution in [0.4, 0.5) is 0 Å². The minimum absolute atomic E-state index is 0.260. The van der Waals surface area contributed by atoms with Crippen LogP contribution in [0.2, 0.25) is 5.02 Å². The van der Waals surface area contributed by atoms with Crippen molar-refractivity contribution in [2.24, 2.45) is 0 Å². The molecule has 0 amide bonds. The number of nitrogens with zero attached hydrogens (tertiary/aromatic N) is 5. The largest absolute Gasteiger partial charge is 0.457 e. The van der Waals surface area contributed by atoms with Gasteiger partial charge >= 0.3 is 6.01 Å². The Morgan fingerprint density at radius 1 is 1.18 bits per heavy atom. The van der Waals surface area contributed by atoms with E-state index in [1.807, 2.05) is 32.0 Å². The third kappa shape index (κ3) is 3.23. The summed E-state index contributed by atoms with van der Waals surface area (Å²) in [7, 11) is 0. The van der Waals surface area contributed by atoms with Crippen LogP contribution in [0.25, 0.3) is 5.69 Å². The smallest absolute Gasteiger partial charge is 0.316 e. The molecule has 0 atom stereocenters. The second-order valence-corrected chi connectivity index (χ2v) is 5.33. The van der Waals surface area contributed by atoms with Gasteiger partial charge in [0.25, 0.3) is 0 Å². The Kier molecular flexibility index (Phi) is 4.02. The van der Waals surface area contributed by atoms with Gasteiger partial charge in [-0.25, -0.2) is 14.6 Å². The van der Waals surface area contributed by atoms with Gasteiger partial charge in [0, 0.05) is 17.4 Å². The zero-order chi connectivity index (χ0) is 15.5. The van der Waals surface area contributed by atoms with Crippen molar-refractivity contribution in [3.05, 3.63) is 58.6 Å². The maximum Gasteiger partial charge on any atom is 0.316 e. The van der Waals surface area contributed by atoms with E-state index in [0.717, 1.165) is 21.8 Å². The number of halogens is 1. The van der Waals surface area contributed by atoms with Crippen molar-refractivity contribution < 1.29 is 4.74 Å². The first-order chi connectivity index (χ1) is 10.6. The molecule has 2 aromatic heterocycles. The fraction of sp³-hybridized carbons (Fsp3) is 0.200. The van der Waals surface area contributed by atoms with Gasteiger partial charge in [0.1, 0.15) is 12.3 Å². The lowest BCUT2D eigenvalue weighted by atomic mass is 10.2. The molecule has 0 saturated carbocycles. The number of hydrogen-bond acceptors (Lipinski definition) is 5. The molecule has 2 heterocycles. The Balaban J connectivity index is 1.70. The van der Waals surface area contributed by atoms with E-state index in [-0.39, 0.29) is 6.61 Å². The first-order valence-corrected chi connectivity index (χ1v) is 7.09. The number of ether oxygens (including phenoxy) is 1. The van der Waals surface area contributed by atoms with Crippen molar-refractivity contribution in [3.8, 4) is 11.7 Å². The number of hydrogen-bond donors (Lipinski definition) is 0. The number of rotatable bonds is 4. The summed E-state index contributed by atoms with van der Waals surface area (Å²) in [5.41, 5.74) is 3.56. The second kappa shape index (κ2) is 6.11. The Morgan fingerprint density at radius 3 is 2.68 bits per heavy atom. The predicted molar refractivity (Wildman–Crippen MR) is 82.2 cm³/mol. The lowest BCUT2D eigenvalue weighted by Crippen LogP contribution is -1.99. The molecule has 7 heteroatoms. The van der Waals surface area contributed by atoms with Crippen LogP contribution in [0.15, 0.2) is 36.8 Å². The van der Waals surface area contributed by atoms with Crippen LogP contribution in [0.1, 0.15) is 16.8 Å². The molecular weight excluding hydrogens is 302 g/mol. The lowest BCUT2D eigenvalue weighted by molar-refractivity contribution is 0.276. The second-order valence-electron chi connectivity index (χ2n) is 4.92. The van der Waals surface area contributed by atoms with Gasteiger partial charge in [-0.1, -0.05) is 16.8 Å². The monoisotopic (exact) mass is 315 g/mol. The van der Waals surface area contributed by atoms with Crippen LogP contribution in [0.3, 0.4) is 0 Å². The Hall–Kier alpha value is -2.47. The highest BCUT2D eigenvalue weighted by Crippen LogP contribution is 2.18. The van der Waals surface area contributed by atoms with Crippen LogP contribution >= 0.6 is 11.6 Å². The summed E-state index contributed by atoms with van der Waals surface area (Å²) in [4.78, 5) is 8.15. The molecule has 3 aromatic rings. The topological polar surface area (TPSA) is 65.7 Å². The SMILES string of the molecule is Cc1cnc(OCc2cn(-c3ccc(Cl)c(C)c3)nn2)nc1. The Morgan fingerprint density at radius 2 is 1.95 bits per heavy atom. The molecule has 0 spiro atoms. The summed E-state index contributed by atoms with van der Waals surface area (Å²) in [5, 5.41) is 8.89. The third-order valence-corrected chi connectivity index (χ3v) is 3.48. The molecule has 6 nitrogen and oxygen atoms in total. The van der Waals surface area contributed by atoms with Gasteiger partial charge in [-0.3, -0.25) is 0 Å². The molecule has 0 N–H and O–H groups in total. The summed E-state index contributed by atoms with van der Waals surface area (Å²) >= 11 is 6.02. The van der Waals surface area contributed by atoms with Crippen molar-refractivity contribution in [1.29, 1.82) is 0 Å². The fourth-order valence-corrected chi connectivity index (χ4v) is 1.97. The fourth-order valence-electron chi connectivity index (χ4n) is 1.86. The molecule has 0 saturated heterocycles. The Bertz CT molecular complexity index is 785. The van der Waals surface area contributed by atoms with Crippen molar-refractivity contribution >= 4 is 11.6 Å². The molecule has 3 rings (SSSR count). The number of aryl methyl sites for hydroxylation is 2. The minimum atomic E-state index is 0.260. The van der Waals surface area contributed by atoms with Gasteiger partial charge in [0.2, 0.25) is 0 Å². The van der Waals surface area contributed by atoms with E-state index in [9.17, 15) is 0 Å². The summed E-state index contributed by atoms with van der Waals surface area (Å²) in [6, 6.07) is 6.00. The standard InChI is InChI=1S/C15H14ClN5O/c1-10-6-17-15(18-7-10)22-9-12-8-21(20-19-12)13-3-4-14(16)11(2)5-13/h3-8H,9H2,1-2H3. The molecule has 0 aliphatic heterocycles. The van der Waals surface area contributed by atoms with E-state index >= 15 is 0 Å². The minimum Gasteiger partial charge on any atom is -0.457 e.